The lowest BCUT2D eigenvalue weighted by Crippen LogP contribution is -2.35. The molecule has 0 bridgehead atoms. The number of halogens is 1. The average Bonchev–Trinajstić information content (AvgIpc) is 3.25. The molecule has 2 atom stereocenters. The Labute approximate surface area is 181 Å². The molecule has 4 nitrogen and oxygen atoms in total. The number of amides is 2. The number of hydrogen-bond donors (Lipinski definition) is 1. The summed E-state index contributed by atoms with van der Waals surface area (Å²) < 4.78 is 13.1. The normalized spacial score (nSPS) is 18.1. The zero-order valence-electron chi connectivity index (χ0n) is 17.4. The summed E-state index contributed by atoms with van der Waals surface area (Å²) >= 11 is 0. The molecule has 158 valence electrons. The van der Waals surface area contributed by atoms with Crippen molar-refractivity contribution in [2.24, 2.45) is 5.92 Å². The van der Waals surface area contributed by atoms with Crippen LogP contribution < -0.4 is 5.32 Å². The molecule has 0 radical (unpaired) electrons. The first-order valence-electron chi connectivity index (χ1n) is 10.4. The summed E-state index contributed by atoms with van der Waals surface area (Å²) in [6.45, 7) is 3.16. The summed E-state index contributed by atoms with van der Waals surface area (Å²) in [5.41, 5.74) is 3.60. The molecule has 1 saturated heterocycles. The first kappa shape index (κ1) is 20.8. The molecule has 1 fully saturated rings. The van der Waals surface area contributed by atoms with Crippen molar-refractivity contribution >= 4 is 11.8 Å². The number of benzene rings is 3. The minimum Gasteiger partial charge on any atom is -0.352 e. The SMILES string of the molecule is Cc1ccc(C(=O)N2C[C@H](c3ccccc3)[C@H](C(=O)NCc3ccc(F)cc3)C2)cc1. The Hall–Kier alpha value is -3.47. The van der Waals surface area contributed by atoms with Gasteiger partial charge in [0.15, 0.2) is 0 Å². The Bertz CT molecular complexity index is 1050. The maximum atomic E-state index is 13.1. The second kappa shape index (κ2) is 9.13. The van der Waals surface area contributed by atoms with Gasteiger partial charge < -0.3 is 10.2 Å². The zero-order chi connectivity index (χ0) is 21.8. The Balaban J connectivity index is 1.51. The van der Waals surface area contributed by atoms with Crippen LogP contribution in [0.2, 0.25) is 0 Å². The number of nitrogens with one attached hydrogen (secondary N) is 1. The minimum atomic E-state index is -0.350. The van der Waals surface area contributed by atoms with Gasteiger partial charge in [-0.3, -0.25) is 9.59 Å². The van der Waals surface area contributed by atoms with Crippen molar-refractivity contribution in [3.8, 4) is 0 Å². The molecular formula is C26H25FN2O2. The Kier molecular flexibility index (Phi) is 6.12. The third-order valence-corrected chi connectivity index (χ3v) is 5.85. The van der Waals surface area contributed by atoms with Gasteiger partial charge in [-0.2, -0.15) is 0 Å². The monoisotopic (exact) mass is 416 g/mol. The van der Waals surface area contributed by atoms with Crippen molar-refractivity contribution in [1.29, 1.82) is 0 Å². The van der Waals surface area contributed by atoms with E-state index in [1.165, 1.54) is 12.1 Å². The number of likely N-dealkylation sites (tertiary alicyclic amines) is 1. The molecule has 1 aliphatic rings. The van der Waals surface area contributed by atoms with Crippen molar-refractivity contribution in [2.45, 2.75) is 19.4 Å². The fourth-order valence-corrected chi connectivity index (χ4v) is 4.07. The molecule has 0 aliphatic carbocycles. The van der Waals surface area contributed by atoms with Crippen molar-refractivity contribution in [2.75, 3.05) is 13.1 Å². The van der Waals surface area contributed by atoms with E-state index in [0.717, 1.165) is 16.7 Å². The number of carbonyl (C=O) groups excluding carboxylic acids is 2. The van der Waals surface area contributed by atoms with Crippen LogP contribution in [0.15, 0.2) is 78.9 Å². The van der Waals surface area contributed by atoms with Crippen molar-refractivity contribution in [3.05, 3.63) is 107 Å². The standard InChI is InChI=1S/C26H25FN2O2/c1-18-7-11-21(12-8-18)26(31)29-16-23(20-5-3-2-4-6-20)24(17-29)25(30)28-15-19-9-13-22(27)14-10-19/h2-14,23-24H,15-17H2,1H3,(H,28,30)/t23-,24-/m1/s1. The van der Waals surface area contributed by atoms with Crippen LogP contribution in [0.3, 0.4) is 0 Å². The molecule has 0 unspecified atom stereocenters. The van der Waals surface area contributed by atoms with Crippen LogP contribution in [-0.2, 0) is 11.3 Å². The fraction of sp³-hybridized carbons (Fsp3) is 0.231. The predicted molar refractivity (Wildman–Crippen MR) is 118 cm³/mol. The highest BCUT2D eigenvalue weighted by molar-refractivity contribution is 5.95. The van der Waals surface area contributed by atoms with Crippen molar-refractivity contribution in [3.63, 3.8) is 0 Å². The molecule has 1 N–H and O–H groups in total. The van der Waals surface area contributed by atoms with Crippen LogP contribution in [-0.4, -0.2) is 29.8 Å². The van der Waals surface area contributed by atoms with Gasteiger partial charge in [0.2, 0.25) is 5.91 Å². The Morgan fingerprint density at radius 3 is 2.29 bits per heavy atom. The molecule has 0 spiro atoms. The van der Waals surface area contributed by atoms with Crippen LogP contribution in [0.1, 0.15) is 33.0 Å². The van der Waals surface area contributed by atoms with Gasteiger partial charge >= 0.3 is 0 Å². The molecule has 31 heavy (non-hydrogen) atoms. The second-order valence-electron chi connectivity index (χ2n) is 8.04. The van der Waals surface area contributed by atoms with Gasteiger partial charge in [0.25, 0.3) is 5.91 Å². The molecular weight excluding hydrogens is 391 g/mol. The average molecular weight is 416 g/mol. The number of carbonyl (C=O) groups is 2. The summed E-state index contributed by atoms with van der Waals surface area (Å²) in [5, 5.41) is 2.97. The van der Waals surface area contributed by atoms with E-state index in [1.54, 1.807) is 17.0 Å². The number of hydrogen-bond acceptors (Lipinski definition) is 2. The Morgan fingerprint density at radius 2 is 1.61 bits per heavy atom. The van der Waals surface area contributed by atoms with Crippen molar-refractivity contribution in [1.82, 2.24) is 10.2 Å². The highest BCUT2D eigenvalue weighted by atomic mass is 19.1. The first-order valence-corrected chi connectivity index (χ1v) is 10.4. The number of rotatable bonds is 5. The van der Waals surface area contributed by atoms with Crippen LogP contribution in [0, 0.1) is 18.7 Å². The molecule has 4 rings (SSSR count). The lowest BCUT2D eigenvalue weighted by molar-refractivity contribution is -0.125. The molecule has 3 aromatic rings. The molecule has 3 aromatic carbocycles. The summed E-state index contributed by atoms with van der Waals surface area (Å²) in [6, 6.07) is 23.4. The lowest BCUT2D eigenvalue weighted by atomic mass is 9.88. The van der Waals surface area contributed by atoms with Gasteiger partial charge in [0.1, 0.15) is 5.82 Å². The largest absolute Gasteiger partial charge is 0.352 e. The van der Waals surface area contributed by atoms with Gasteiger partial charge in [-0.05, 0) is 42.3 Å². The first-order chi connectivity index (χ1) is 15.0. The lowest BCUT2D eigenvalue weighted by Gasteiger charge is -2.18. The third kappa shape index (κ3) is 4.82. The molecule has 1 aliphatic heterocycles. The van der Waals surface area contributed by atoms with E-state index in [4.69, 9.17) is 0 Å². The van der Waals surface area contributed by atoms with E-state index in [-0.39, 0.29) is 29.5 Å². The van der Waals surface area contributed by atoms with E-state index < -0.39 is 0 Å². The third-order valence-electron chi connectivity index (χ3n) is 5.85. The number of nitrogens with zero attached hydrogens (tertiary/aromatic N) is 1. The molecule has 1 heterocycles. The van der Waals surface area contributed by atoms with Crippen LogP contribution in [0.4, 0.5) is 4.39 Å². The van der Waals surface area contributed by atoms with E-state index in [1.807, 2.05) is 61.5 Å². The van der Waals surface area contributed by atoms with E-state index in [9.17, 15) is 14.0 Å². The fourth-order valence-electron chi connectivity index (χ4n) is 4.07. The van der Waals surface area contributed by atoms with Gasteiger partial charge in [-0.25, -0.2) is 4.39 Å². The van der Waals surface area contributed by atoms with Gasteiger partial charge in [-0.1, -0.05) is 60.2 Å². The predicted octanol–water partition coefficient (Wildman–Crippen LogP) is 4.31. The topological polar surface area (TPSA) is 49.4 Å². The molecule has 0 aromatic heterocycles. The summed E-state index contributed by atoms with van der Waals surface area (Å²) in [7, 11) is 0. The number of aryl methyl sites for hydroxylation is 1. The van der Waals surface area contributed by atoms with Crippen molar-refractivity contribution < 1.29 is 14.0 Å². The van der Waals surface area contributed by atoms with Crippen LogP contribution in [0.5, 0.6) is 0 Å². The maximum absolute atomic E-state index is 13.1. The molecule has 0 saturated carbocycles. The van der Waals surface area contributed by atoms with Crippen LogP contribution in [0.25, 0.3) is 0 Å². The van der Waals surface area contributed by atoms with Crippen LogP contribution >= 0.6 is 0 Å². The molecule has 2 amide bonds. The van der Waals surface area contributed by atoms with Gasteiger partial charge in [0, 0.05) is 31.1 Å². The van der Waals surface area contributed by atoms with Gasteiger partial charge in [0.05, 0.1) is 5.92 Å². The highest BCUT2D eigenvalue weighted by Gasteiger charge is 2.40. The van der Waals surface area contributed by atoms with E-state index in [0.29, 0.717) is 25.2 Å². The maximum Gasteiger partial charge on any atom is 0.253 e. The highest BCUT2D eigenvalue weighted by Crippen LogP contribution is 2.33. The summed E-state index contributed by atoms with van der Waals surface area (Å²) in [6.07, 6.45) is 0. The summed E-state index contributed by atoms with van der Waals surface area (Å²) in [5.74, 6) is -0.895. The molecule has 5 heteroatoms. The second-order valence-corrected chi connectivity index (χ2v) is 8.04. The smallest absolute Gasteiger partial charge is 0.253 e. The zero-order valence-corrected chi connectivity index (χ0v) is 17.4. The quantitative estimate of drug-likeness (QED) is 0.674. The van der Waals surface area contributed by atoms with Gasteiger partial charge in [-0.15, -0.1) is 0 Å². The Morgan fingerprint density at radius 1 is 0.935 bits per heavy atom. The van der Waals surface area contributed by atoms with E-state index in [2.05, 4.69) is 5.32 Å². The van der Waals surface area contributed by atoms with E-state index >= 15 is 0 Å². The summed E-state index contributed by atoms with van der Waals surface area (Å²) in [4.78, 5) is 27.9. The minimum absolute atomic E-state index is 0.0604.